The van der Waals surface area contributed by atoms with Gasteiger partial charge in [-0.15, -0.1) is 0 Å². The highest BCUT2D eigenvalue weighted by Gasteiger charge is 2.59. The van der Waals surface area contributed by atoms with Crippen molar-refractivity contribution in [2.24, 2.45) is 11.3 Å². The highest BCUT2D eigenvalue weighted by atomic mass is 32.2. The predicted octanol–water partition coefficient (Wildman–Crippen LogP) is 3.79. The van der Waals surface area contributed by atoms with Crippen molar-refractivity contribution in [1.29, 1.82) is 0 Å². The minimum atomic E-state index is -0.113. The number of fused-ring (bicyclic) bond motifs is 1. The molecule has 0 unspecified atom stereocenters. The van der Waals surface area contributed by atoms with Gasteiger partial charge in [-0.05, 0) is 36.8 Å². The third-order valence-electron chi connectivity index (χ3n) is 5.38. The van der Waals surface area contributed by atoms with Crippen molar-refractivity contribution >= 4 is 23.5 Å². The Morgan fingerprint density at radius 3 is 2.96 bits per heavy atom. The molecule has 0 bridgehead atoms. The van der Waals surface area contributed by atoms with Crippen LogP contribution in [0.1, 0.15) is 31.4 Å². The lowest BCUT2D eigenvalue weighted by atomic mass is 9.57. The number of carbonyl (C=O) groups excluding carboxylic acids is 1. The monoisotopic (exact) mass is 334 g/mol. The highest BCUT2D eigenvalue weighted by Crippen LogP contribution is 2.52. The van der Waals surface area contributed by atoms with Crippen LogP contribution in [0.25, 0.3) is 0 Å². The van der Waals surface area contributed by atoms with E-state index < -0.39 is 0 Å². The number of ether oxygens (including phenoxy) is 1. The molecule has 1 aliphatic carbocycles. The normalized spacial score (nSPS) is 27.9. The summed E-state index contributed by atoms with van der Waals surface area (Å²) in [7, 11) is 0. The summed E-state index contributed by atoms with van der Waals surface area (Å²) in [6.45, 7) is 7.23. The maximum absolute atomic E-state index is 12.4. The van der Waals surface area contributed by atoms with E-state index in [1.54, 1.807) is 11.8 Å². The summed E-state index contributed by atoms with van der Waals surface area (Å²) in [5.74, 6) is 1.42. The molecule has 3 atom stereocenters. The summed E-state index contributed by atoms with van der Waals surface area (Å²) in [5, 5.41) is 6.20. The first-order chi connectivity index (χ1) is 10.9. The smallest absolute Gasteiger partial charge is 0.319 e. The van der Waals surface area contributed by atoms with Crippen molar-refractivity contribution in [3.63, 3.8) is 0 Å². The first-order valence-electron chi connectivity index (χ1n) is 8.21. The molecule has 0 radical (unpaired) electrons. The molecule has 4 nitrogen and oxygen atoms in total. The van der Waals surface area contributed by atoms with Crippen molar-refractivity contribution in [1.82, 2.24) is 5.32 Å². The number of rotatable bonds is 4. The zero-order valence-corrected chi connectivity index (χ0v) is 15.1. The SMILES string of the molecule is CSCc1cccc(NC(=O)N[C@@H]2[C@H]3CCO[C@@H]3C2(C)C)c1C. The molecule has 2 fully saturated rings. The lowest BCUT2D eigenvalue weighted by molar-refractivity contribution is -0.107. The van der Waals surface area contributed by atoms with Crippen molar-refractivity contribution in [3.05, 3.63) is 29.3 Å². The summed E-state index contributed by atoms with van der Waals surface area (Å²) in [6.07, 6.45) is 3.42. The second kappa shape index (κ2) is 6.36. The molecule has 126 valence electrons. The van der Waals surface area contributed by atoms with E-state index in [9.17, 15) is 4.79 Å². The van der Waals surface area contributed by atoms with Gasteiger partial charge >= 0.3 is 6.03 Å². The molecule has 1 saturated heterocycles. The zero-order valence-electron chi connectivity index (χ0n) is 14.3. The summed E-state index contributed by atoms with van der Waals surface area (Å²) in [5.41, 5.74) is 3.31. The molecule has 0 spiro atoms. The summed E-state index contributed by atoms with van der Waals surface area (Å²) in [6, 6.07) is 6.15. The van der Waals surface area contributed by atoms with Crippen LogP contribution in [0.3, 0.4) is 0 Å². The summed E-state index contributed by atoms with van der Waals surface area (Å²) >= 11 is 1.79. The number of benzene rings is 1. The van der Waals surface area contributed by atoms with Crippen LogP contribution < -0.4 is 10.6 Å². The molecule has 0 aromatic heterocycles. The lowest BCUT2D eigenvalue weighted by Crippen LogP contribution is -2.67. The van der Waals surface area contributed by atoms with Gasteiger partial charge in [-0.2, -0.15) is 11.8 Å². The fourth-order valence-electron chi connectivity index (χ4n) is 4.05. The Morgan fingerprint density at radius 2 is 2.22 bits per heavy atom. The second-order valence-corrected chi connectivity index (χ2v) is 8.03. The fourth-order valence-corrected chi connectivity index (χ4v) is 4.67. The zero-order chi connectivity index (χ0) is 16.6. The molecule has 23 heavy (non-hydrogen) atoms. The Morgan fingerprint density at radius 1 is 1.43 bits per heavy atom. The van der Waals surface area contributed by atoms with Crippen LogP contribution in [0.15, 0.2) is 18.2 Å². The molecule has 5 heteroatoms. The number of anilines is 1. The quantitative estimate of drug-likeness (QED) is 0.881. The molecule has 1 aromatic rings. The minimum Gasteiger partial charge on any atom is -0.377 e. The fraction of sp³-hybridized carbons (Fsp3) is 0.611. The molecule has 3 rings (SSSR count). The first kappa shape index (κ1) is 16.7. The van der Waals surface area contributed by atoms with Gasteiger partial charge in [0.25, 0.3) is 0 Å². The first-order valence-corrected chi connectivity index (χ1v) is 9.61. The van der Waals surface area contributed by atoms with Gasteiger partial charge < -0.3 is 15.4 Å². The molecule has 2 N–H and O–H groups in total. The average Bonchev–Trinajstić information content (AvgIpc) is 2.96. The van der Waals surface area contributed by atoms with E-state index in [1.165, 1.54) is 5.56 Å². The maximum Gasteiger partial charge on any atom is 0.319 e. The number of hydrogen-bond donors (Lipinski definition) is 2. The molecular formula is C18H26N2O2S. The van der Waals surface area contributed by atoms with Crippen molar-refractivity contribution in [3.8, 4) is 0 Å². The van der Waals surface area contributed by atoms with E-state index in [0.717, 1.165) is 30.0 Å². The van der Waals surface area contributed by atoms with Gasteiger partial charge in [0.1, 0.15) is 0 Å². The number of carbonyl (C=O) groups is 1. The molecule has 1 aliphatic heterocycles. The summed E-state index contributed by atoms with van der Waals surface area (Å²) < 4.78 is 5.78. The number of thioether (sulfide) groups is 1. The standard InChI is InChI=1S/C18H26N2O2S/c1-11-12(10-23-4)6-5-7-14(11)19-17(21)20-15-13-8-9-22-16(13)18(15,2)3/h5-7,13,15-16H,8-10H2,1-4H3,(H2,19,20,21)/t13-,15-,16+/m1/s1. The van der Waals surface area contributed by atoms with Crippen LogP contribution >= 0.6 is 11.8 Å². The Labute approximate surface area is 142 Å². The molecule has 1 aromatic carbocycles. The third kappa shape index (κ3) is 2.96. The molecular weight excluding hydrogens is 308 g/mol. The van der Waals surface area contributed by atoms with E-state index >= 15 is 0 Å². The molecule has 2 amide bonds. The van der Waals surface area contributed by atoms with Crippen LogP contribution in [0.2, 0.25) is 0 Å². The van der Waals surface area contributed by atoms with Crippen LogP contribution in [-0.2, 0) is 10.5 Å². The summed E-state index contributed by atoms with van der Waals surface area (Å²) in [4.78, 5) is 12.4. The van der Waals surface area contributed by atoms with E-state index in [-0.39, 0.29) is 17.5 Å². The van der Waals surface area contributed by atoms with Gasteiger partial charge in [-0.1, -0.05) is 26.0 Å². The number of nitrogens with one attached hydrogen (secondary N) is 2. The van der Waals surface area contributed by atoms with Gasteiger partial charge in [-0.25, -0.2) is 4.79 Å². The van der Waals surface area contributed by atoms with Crippen LogP contribution in [-0.4, -0.2) is 31.0 Å². The molecule has 1 saturated carbocycles. The molecule has 2 aliphatic rings. The third-order valence-corrected chi connectivity index (χ3v) is 5.98. The van der Waals surface area contributed by atoms with Gasteiger partial charge in [0.2, 0.25) is 0 Å². The minimum absolute atomic E-state index is 0.00818. The van der Waals surface area contributed by atoms with E-state index in [4.69, 9.17) is 4.74 Å². The van der Waals surface area contributed by atoms with Crippen LogP contribution in [0, 0.1) is 18.3 Å². The Kier molecular flexibility index (Phi) is 4.61. The van der Waals surface area contributed by atoms with Gasteiger partial charge in [0.15, 0.2) is 0 Å². The Bertz CT molecular complexity index is 603. The average molecular weight is 334 g/mol. The van der Waals surface area contributed by atoms with Gasteiger partial charge in [0, 0.05) is 35.4 Å². The van der Waals surface area contributed by atoms with E-state index in [0.29, 0.717) is 12.0 Å². The van der Waals surface area contributed by atoms with Crippen LogP contribution in [0.4, 0.5) is 10.5 Å². The maximum atomic E-state index is 12.4. The molecule has 1 heterocycles. The van der Waals surface area contributed by atoms with E-state index in [1.807, 2.05) is 12.1 Å². The van der Waals surface area contributed by atoms with Gasteiger partial charge in [0.05, 0.1) is 6.10 Å². The van der Waals surface area contributed by atoms with Crippen molar-refractivity contribution < 1.29 is 9.53 Å². The Balaban J connectivity index is 1.65. The number of urea groups is 1. The van der Waals surface area contributed by atoms with E-state index in [2.05, 4.69) is 43.7 Å². The van der Waals surface area contributed by atoms with Crippen LogP contribution in [0.5, 0.6) is 0 Å². The number of hydrogen-bond acceptors (Lipinski definition) is 3. The lowest BCUT2D eigenvalue weighted by Gasteiger charge is -2.54. The van der Waals surface area contributed by atoms with Gasteiger partial charge in [-0.3, -0.25) is 0 Å². The topological polar surface area (TPSA) is 50.4 Å². The highest BCUT2D eigenvalue weighted by molar-refractivity contribution is 7.97. The predicted molar refractivity (Wildman–Crippen MR) is 96.0 cm³/mol. The van der Waals surface area contributed by atoms with Crippen molar-refractivity contribution in [2.75, 3.05) is 18.2 Å². The second-order valence-electron chi connectivity index (χ2n) is 7.16. The largest absolute Gasteiger partial charge is 0.377 e. The number of amides is 2. The Hall–Kier alpha value is -1.20. The van der Waals surface area contributed by atoms with Crippen molar-refractivity contribution in [2.45, 2.75) is 45.1 Å².